The third-order valence-corrected chi connectivity index (χ3v) is 9.57. The maximum atomic E-state index is 13.6. The number of anilines is 3. The third kappa shape index (κ3) is 4.39. The zero-order valence-electron chi connectivity index (χ0n) is 18.5. The molecule has 33 heavy (non-hydrogen) atoms. The molecule has 1 saturated heterocycles. The number of methoxy groups -OCH3 is 1. The van der Waals surface area contributed by atoms with Crippen LogP contribution in [0.25, 0.3) is 11.0 Å². The monoisotopic (exact) mass is 488 g/mol. The summed E-state index contributed by atoms with van der Waals surface area (Å²) in [5.74, 6) is 1.67. The number of hydrogen-bond donors (Lipinski definition) is 3. The van der Waals surface area contributed by atoms with Crippen LogP contribution in [0.15, 0.2) is 24.4 Å². The van der Waals surface area contributed by atoms with Crippen molar-refractivity contribution in [2.24, 2.45) is 0 Å². The molecule has 0 unspecified atom stereocenters. The Bertz CT molecular complexity index is 1260. The molecule has 1 aromatic carbocycles. The van der Waals surface area contributed by atoms with E-state index in [1.165, 1.54) is 0 Å². The van der Waals surface area contributed by atoms with Gasteiger partial charge in [0.15, 0.2) is 0 Å². The van der Waals surface area contributed by atoms with Crippen molar-refractivity contribution in [1.82, 2.24) is 19.9 Å². The predicted molar refractivity (Wildman–Crippen MR) is 131 cm³/mol. The zero-order valence-corrected chi connectivity index (χ0v) is 20.2. The fraction of sp³-hybridized carbons (Fsp3) is 0.409. The fourth-order valence-corrected chi connectivity index (χ4v) is 6.90. The van der Waals surface area contributed by atoms with Crippen LogP contribution in [0.4, 0.5) is 17.5 Å². The lowest BCUT2D eigenvalue weighted by Gasteiger charge is -2.32. The highest BCUT2D eigenvalue weighted by molar-refractivity contribution is 7.71. The molecule has 9 nitrogen and oxygen atoms in total. The van der Waals surface area contributed by atoms with Gasteiger partial charge in [-0.1, -0.05) is 11.6 Å². The van der Waals surface area contributed by atoms with E-state index in [-0.39, 0.29) is 5.91 Å². The van der Waals surface area contributed by atoms with Crippen molar-refractivity contribution >= 4 is 58.4 Å². The van der Waals surface area contributed by atoms with Gasteiger partial charge in [-0.2, -0.15) is 9.97 Å². The SMILES string of the molecule is COc1cc(P2(=O)CCN(C(C)=O)CC2)ccc1Nc1nc(NC2CC2)c2c(Cl)c[nH]c2n1. The maximum Gasteiger partial charge on any atom is 0.231 e. The molecule has 1 saturated carbocycles. The number of hydrogen-bond acceptors (Lipinski definition) is 7. The molecule has 1 amide bonds. The molecule has 2 aromatic heterocycles. The summed E-state index contributed by atoms with van der Waals surface area (Å²) in [5, 5.41) is 8.75. The number of ether oxygens (including phenoxy) is 1. The maximum absolute atomic E-state index is 13.6. The summed E-state index contributed by atoms with van der Waals surface area (Å²) in [7, 11) is -1.02. The van der Waals surface area contributed by atoms with Crippen molar-refractivity contribution in [2.45, 2.75) is 25.8 Å². The summed E-state index contributed by atoms with van der Waals surface area (Å²) in [6.45, 7) is 2.57. The molecule has 0 radical (unpaired) electrons. The molecule has 0 bridgehead atoms. The largest absolute Gasteiger partial charge is 0.495 e. The molecule has 1 aliphatic heterocycles. The number of benzene rings is 1. The molecule has 2 fully saturated rings. The molecule has 2 aliphatic rings. The van der Waals surface area contributed by atoms with Crippen LogP contribution in [-0.4, -0.2) is 64.3 Å². The second-order valence-electron chi connectivity index (χ2n) is 8.53. The Labute approximate surface area is 196 Å². The van der Waals surface area contributed by atoms with Gasteiger partial charge in [0.05, 0.1) is 23.2 Å². The summed E-state index contributed by atoms with van der Waals surface area (Å²) in [5.41, 5.74) is 1.31. The van der Waals surface area contributed by atoms with E-state index >= 15 is 0 Å². The van der Waals surface area contributed by atoms with E-state index in [0.717, 1.165) is 23.5 Å². The number of H-pyrrole nitrogens is 1. The molecule has 0 spiro atoms. The number of carbonyl (C=O) groups excluding carboxylic acids is 1. The van der Waals surface area contributed by atoms with Crippen LogP contribution < -0.4 is 20.7 Å². The first-order chi connectivity index (χ1) is 15.9. The van der Waals surface area contributed by atoms with Gasteiger partial charge >= 0.3 is 0 Å². The first kappa shape index (κ1) is 22.0. The molecule has 5 rings (SSSR count). The van der Waals surface area contributed by atoms with Crippen LogP contribution in [0.5, 0.6) is 5.75 Å². The number of nitrogens with zero attached hydrogens (tertiary/aromatic N) is 3. The van der Waals surface area contributed by atoms with Gasteiger partial charge in [0.2, 0.25) is 11.9 Å². The Hall–Kier alpha value is -2.77. The van der Waals surface area contributed by atoms with Crippen molar-refractivity contribution in [1.29, 1.82) is 0 Å². The topological polar surface area (TPSA) is 112 Å². The highest BCUT2D eigenvalue weighted by Gasteiger charge is 2.32. The van der Waals surface area contributed by atoms with Crippen LogP contribution in [0, 0.1) is 0 Å². The van der Waals surface area contributed by atoms with Crippen LogP contribution in [0.2, 0.25) is 5.02 Å². The van der Waals surface area contributed by atoms with Gasteiger partial charge in [-0.3, -0.25) is 4.79 Å². The van der Waals surface area contributed by atoms with Crippen molar-refractivity contribution in [2.75, 3.05) is 43.2 Å². The Kier molecular flexibility index (Phi) is 5.70. The van der Waals surface area contributed by atoms with Crippen molar-refractivity contribution < 1.29 is 14.1 Å². The van der Waals surface area contributed by atoms with Gasteiger partial charge in [-0.15, -0.1) is 0 Å². The first-order valence-electron chi connectivity index (χ1n) is 11.0. The molecule has 1 aliphatic carbocycles. The smallest absolute Gasteiger partial charge is 0.231 e. The number of rotatable bonds is 6. The zero-order chi connectivity index (χ0) is 23.2. The van der Waals surface area contributed by atoms with E-state index < -0.39 is 7.14 Å². The number of amides is 1. The Morgan fingerprint density at radius 2 is 2.03 bits per heavy atom. The first-order valence-corrected chi connectivity index (χ1v) is 13.4. The van der Waals surface area contributed by atoms with Crippen LogP contribution in [0.1, 0.15) is 19.8 Å². The Morgan fingerprint density at radius 3 is 2.70 bits per heavy atom. The molecular weight excluding hydrogens is 463 g/mol. The van der Waals surface area contributed by atoms with Gasteiger partial charge in [-0.25, -0.2) is 0 Å². The van der Waals surface area contributed by atoms with Gasteiger partial charge < -0.3 is 29.8 Å². The van der Waals surface area contributed by atoms with Crippen molar-refractivity contribution in [3.8, 4) is 5.75 Å². The summed E-state index contributed by atoms with van der Waals surface area (Å²) in [6.07, 6.45) is 4.87. The molecule has 0 atom stereocenters. The van der Waals surface area contributed by atoms with Gasteiger partial charge in [-0.05, 0) is 31.0 Å². The minimum atomic E-state index is -2.59. The highest BCUT2D eigenvalue weighted by Crippen LogP contribution is 2.47. The summed E-state index contributed by atoms with van der Waals surface area (Å²) < 4.78 is 19.2. The van der Waals surface area contributed by atoms with Crippen molar-refractivity contribution in [3.63, 3.8) is 0 Å². The van der Waals surface area contributed by atoms with Crippen LogP contribution in [-0.2, 0) is 9.36 Å². The van der Waals surface area contributed by atoms with E-state index in [2.05, 4.69) is 25.6 Å². The molecule has 11 heteroatoms. The number of aromatic nitrogens is 3. The number of fused-ring (bicyclic) bond motifs is 1. The number of carbonyl (C=O) groups is 1. The van der Waals surface area contributed by atoms with Gasteiger partial charge in [0, 0.05) is 49.9 Å². The quantitative estimate of drug-likeness (QED) is 0.452. The average molecular weight is 489 g/mol. The van der Waals surface area contributed by atoms with Crippen molar-refractivity contribution in [3.05, 3.63) is 29.4 Å². The van der Waals surface area contributed by atoms with Crippen LogP contribution >= 0.6 is 18.7 Å². The second-order valence-corrected chi connectivity index (χ2v) is 12.1. The van der Waals surface area contributed by atoms with E-state index in [9.17, 15) is 9.36 Å². The summed E-state index contributed by atoms with van der Waals surface area (Å²) in [4.78, 5) is 25.7. The third-order valence-electron chi connectivity index (χ3n) is 6.21. The van der Waals surface area contributed by atoms with Gasteiger partial charge in [0.1, 0.15) is 24.4 Å². The molecule has 3 heterocycles. The Morgan fingerprint density at radius 1 is 1.27 bits per heavy atom. The minimum absolute atomic E-state index is 0.0225. The van der Waals surface area contributed by atoms with E-state index in [1.54, 1.807) is 25.1 Å². The number of aromatic amines is 1. The standard InChI is InChI=1S/C22H26ClN6O3P/c1-13(30)29-7-9-33(31,10-8-29)15-5-6-17(18(11-15)32-2)26-22-27-20-19(16(23)12-24-20)21(28-22)25-14-3-4-14/h5-6,11-12,14H,3-4,7-10H2,1-2H3,(H3,24,25,26,27,28). The number of nitrogens with one attached hydrogen (secondary N) is 3. The summed E-state index contributed by atoms with van der Waals surface area (Å²) in [6, 6.07) is 5.93. The molecule has 174 valence electrons. The van der Waals surface area contributed by atoms with E-state index in [1.807, 2.05) is 18.2 Å². The van der Waals surface area contributed by atoms with Crippen LogP contribution in [0.3, 0.4) is 0 Å². The molecule has 3 N–H and O–H groups in total. The van der Waals surface area contributed by atoms with E-state index in [0.29, 0.717) is 65.3 Å². The van der Waals surface area contributed by atoms with Gasteiger partial charge in [0.25, 0.3) is 0 Å². The normalized spacial score (nSPS) is 17.7. The predicted octanol–water partition coefficient (Wildman–Crippen LogP) is 3.79. The highest BCUT2D eigenvalue weighted by atomic mass is 35.5. The Balaban J connectivity index is 1.42. The minimum Gasteiger partial charge on any atom is -0.495 e. The second kappa shape index (κ2) is 8.54. The average Bonchev–Trinajstić information content (AvgIpc) is 3.54. The molecule has 3 aromatic rings. The lowest BCUT2D eigenvalue weighted by Crippen LogP contribution is -2.39. The summed E-state index contributed by atoms with van der Waals surface area (Å²) >= 11 is 6.33. The lowest BCUT2D eigenvalue weighted by molar-refractivity contribution is -0.128. The lowest BCUT2D eigenvalue weighted by atomic mass is 10.3. The fourth-order valence-electron chi connectivity index (χ4n) is 4.09. The van der Waals surface area contributed by atoms with E-state index in [4.69, 9.17) is 16.3 Å². The number of halogens is 1. The molecular formula is C22H26ClN6O3P.